The molecule has 1 aromatic heterocycles. The fourth-order valence-electron chi connectivity index (χ4n) is 1.43. The van der Waals surface area contributed by atoms with E-state index in [1.54, 1.807) is 31.4 Å². The highest BCUT2D eigenvalue weighted by atomic mass is 16.5. The standard InChI is InChI=1S/C12H14N4O3/c1-18-9-4-2-8(3-5-9)10-15-12(19-16-10)11(17)14-7-6-13/h2-5H,6-7,13H2,1H3,(H,14,17). The molecule has 2 aromatic rings. The maximum atomic E-state index is 11.6. The second-order valence-electron chi connectivity index (χ2n) is 3.70. The average molecular weight is 262 g/mol. The van der Waals surface area contributed by atoms with Crippen LogP contribution >= 0.6 is 0 Å². The lowest BCUT2D eigenvalue weighted by atomic mass is 10.2. The maximum absolute atomic E-state index is 11.6. The molecule has 0 fully saturated rings. The number of carbonyl (C=O) groups is 1. The Balaban J connectivity index is 2.13. The molecule has 0 aliphatic carbocycles. The van der Waals surface area contributed by atoms with Crippen molar-refractivity contribution in [3.05, 3.63) is 30.2 Å². The number of nitrogens with one attached hydrogen (secondary N) is 1. The van der Waals surface area contributed by atoms with E-state index in [9.17, 15) is 4.79 Å². The zero-order valence-electron chi connectivity index (χ0n) is 10.4. The van der Waals surface area contributed by atoms with Gasteiger partial charge in [0.25, 0.3) is 0 Å². The lowest BCUT2D eigenvalue weighted by Crippen LogP contribution is -2.29. The van der Waals surface area contributed by atoms with Gasteiger partial charge in [0.1, 0.15) is 5.75 Å². The molecule has 0 saturated carbocycles. The summed E-state index contributed by atoms with van der Waals surface area (Å²) >= 11 is 0. The number of methoxy groups -OCH3 is 1. The number of benzene rings is 1. The van der Waals surface area contributed by atoms with Crippen LogP contribution in [0, 0.1) is 0 Å². The van der Waals surface area contributed by atoms with Crippen LogP contribution in [0.25, 0.3) is 11.4 Å². The van der Waals surface area contributed by atoms with E-state index >= 15 is 0 Å². The number of nitrogens with two attached hydrogens (primary N) is 1. The van der Waals surface area contributed by atoms with Gasteiger partial charge in [-0.3, -0.25) is 4.79 Å². The summed E-state index contributed by atoms with van der Waals surface area (Å²) in [6.07, 6.45) is 0. The third-order valence-corrected chi connectivity index (χ3v) is 2.40. The van der Waals surface area contributed by atoms with E-state index in [4.69, 9.17) is 15.0 Å². The summed E-state index contributed by atoms with van der Waals surface area (Å²) in [6, 6.07) is 7.12. The zero-order valence-corrected chi connectivity index (χ0v) is 10.4. The van der Waals surface area contributed by atoms with Gasteiger partial charge in [-0.1, -0.05) is 5.16 Å². The highest BCUT2D eigenvalue weighted by molar-refractivity contribution is 5.89. The van der Waals surface area contributed by atoms with Crippen molar-refractivity contribution >= 4 is 5.91 Å². The van der Waals surface area contributed by atoms with Crippen LogP contribution in [0.5, 0.6) is 5.75 Å². The maximum Gasteiger partial charge on any atom is 0.316 e. The van der Waals surface area contributed by atoms with Crippen LogP contribution in [-0.4, -0.2) is 36.2 Å². The minimum Gasteiger partial charge on any atom is -0.497 e. The first-order valence-corrected chi connectivity index (χ1v) is 5.71. The van der Waals surface area contributed by atoms with E-state index in [2.05, 4.69) is 15.5 Å². The first kappa shape index (κ1) is 13.0. The van der Waals surface area contributed by atoms with Crippen LogP contribution in [0.3, 0.4) is 0 Å². The molecule has 0 aliphatic rings. The predicted molar refractivity (Wildman–Crippen MR) is 67.7 cm³/mol. The molecular formula is C12H14N4O3. The topological polar surface area (TPSA) is 103 Å². The number of carbonyl (C=O) groups excluding carboxylic acids is 1. The van der Waals surface area contributed by atoms with Crippen LogP contribution in [0.15, 0.2) is 28.8 Å². The first-order valence-electron chi connectivity index (χ1n) is 5.71. The van der Waals surface area contributed by atoms with E-state index in [1.807, 2.05) is 0 Å². The van der Waals surface area contributed by atoms with E-state index in [1.165, 1.54) is 0 Å². The third-order valence-electron chi connectivity index (χ3n) is 2.40. The van der Waals surface area contributed by atoms with Crippen LogP contribution in [0.4, 0.5) is 0 Å². The van der Waals surface area contributed by atoms with E-state index in [-0.39, 0.29) is 5.89 Å². The summed E-state index contributed by atoms with van der Waals surface area (Å²) < 4.78 is 9.94. The van der Waals surface area contributed by atoms with Crippen molar-refractivity contribution in [1.82, 2.24) is 15.5 Å². The van der Waals surface area contributed by atoms with Gasteiger partial charge in [0.2, 0.25) is 5.82 Å². The zero-order chi connectivity index (χ0) is 13.7. The van der Waals surface area contributed by atoms with E-state index < -0.39 is 5.91 Å². The van der Waals surface area contributed by atoms with Gasteiger partial charge in [0.05, 0.1) is 7.11 Å². The predicted octanol–water partition coefficient (Wildman–Crippen LogP) is 0.434. The number of hydrogen-bond acceptors (Lipinski definition) is 6. The van der Waals surface area contributed by atoms with Gasteiger partial charge in [-0.05, 0) is 24.3 Å². The molecule has 0 unspecified atom stereocenters. The monoisotopic (exact) mass is 262 g/mol. The minimum absolute atomic E-state index is 0.0840. The van der Waals surface area contributed by atoms with E-state index in [0.717, 1.165) is 11.3 Å². The first-order chi connectivity index (χ1) is 9.24. The molecule has 19 heavy (non-hydrogen) atoms. The number of rotatable bonds is 5. The van der Waals surface area contributed by atoms with Gasteiger partial charge in [0, 0.05) is 18.7 Å². The SMILES string of the molecule is COc1ccc(-c2noc(C(=O)NCCN)n2)cc1. The molecule has 1 amide bonds. The number of aromatic nitrogens is 2. The molecule has 7 nitrogen and oxygen atoms in total. The van der Waals surface area contributed by atoms with Gasteiger partial charge in [-0.25, -0.2) is 0 Å². The van der Waals surface area contributed by atoms with Crippen molar-refractivity contribution in [2.24, 2.45) is 5.73 Å². The molecular weight excluding hydrogens is 248 g/mol. The molecule has 1 heterocycles. The quantitative estimate of drug-likeness (QED) is 0.810. The molecule has 1 aromatic carbocycles. The molecule has 0 bridgehead atoms. The molecule has 0 aliphatic heterocycles. The van der Waals surface area contributed by atoms with Crippen molar-refractivity contribution in [2.75, 3.05) is 20.2 Å². The van der Waals surface area contributed by atoms with E-state index in [0.29, 0.717) is 18.9 Å². The van der Waals surface area contributed by atoms with Crippen molar-refractivity contribution in [1.29, 1.82) is 0 Å². The Morgan fingerprint density at radius 1 is 1.42 bits per heavy atom. The number of amides is 1. The van der Waals surface area contributed by atoms with Crippen molar-refractivity contribution in [3.63, 3.8) is 0 Å². The van der Waals surface area contributed by atoms with Crippen LogP contribution in [0.1, 0.15) is 10.7 Å². The van der Waals surface area contributed by atoms with Crippen LogP contribution in [-0.2, 0) is 0 Å². The highest BCUT2D eigenvalue weighted by Gasteiger charge is 2.15. The molecule has 3 N–H and O–H groups in total. The Hall–Kier alpha value is -2.41. The second-order valence-corrected chi connectivity index (χ2v) is 3.70. The summed E-state index contributed by atoms with van der Waals surface area (Å²) in [5.74, 6) is 0.561. The fraction of sp³-hybridized carbons (Fsp3) is 0.250. The smallest absolute Gasteiger partial charge is 0.316 e. The summed E-state index contributed by atoms with van der Waals surface area (Å²) in [5.41, 5.74) is 6.02. The van der Waals surface area contributed by atoms with Gasteiger partial charge >= 0.3 is 11.8 Å². The van der Waals surface area contributed by atoms with Crippen molar-refractivity contribution in [2.45, 2.75) is 0 Å². The normalized spacial score (nSPS) is 10.2. The van der Waals surface area contributed by atoms with Gasteiger partial charge in [0.15, 0.2) is 0 Å². The highest BCUT2D eigenvalue weighted by Crippen LogP contribution is 2.19. The van der Waals surface area contributed by atoms with Gasteiger partial charge in [-0.2, -0.15) is 4.98 Å². The molecule has 0 spiro atoms. The molecule has 0 atom stereocenters. The fourth-order valence-corrected chi connectivity index (χ4v) is 1.43. The Bertz CT molecular complexity index is 550. The number of ether oxygens (including phenoxy) is 1. The Morgan fingerprint density at radius 2 is 2.16 bits per heavy atom. The third kappa shape index (κ3) is 3.08. The number of nitrogens with zero attached hydrogens (tertiary/aromatic N) is 2. The molecule has 100 valence electrons. The largest absolute Gasteiger partial charge is 0.497 e. The van der Waals surface area contributed by atoms with Gasteiger partial charge < -0.3 is 20.3 Å². The number of hydrogen-bond donors (Lipinski definition) is 2. The Labute approximate surface area is 109 Å². The molecule has 2 rings (SSSR count). The summed E-state index contributed by atoms with van der Waals surface area (Å²) in [5, 5.41) is 6.30. The second kappa shape index (κ2) is 5.96. The minimum atomic E-state index is -0.433. The lowest BCUT2D eigenvalue weighted by molar-refractivity contribution is 0.0911. The van der Waals surface area contributed by atoms with Crippen molar-refractivity contribution < 1.29 is 14.1 Å². The lowest BCUT2D eigenvalue weighted by Gasteiger charge is -1.99. The summed E-state index contributed by atoms with van der Waals surface area (Å²) in [6.45, 7) is 0.713. The van der Waals surface area contributed by atoms with Crippen LogP contribution < -0.4 is 15.8 Å². The van der Waals surface area contributed by atoms with Crippen LogP contribution in [0.2, 0.25) is 0 Å². The molecule has 0 saturated heterocycles. The Morgan fingerprint density at radius 3 is 2.79 bits per heavy atom. The summed E-state index contributed by atoms with van der Waals surface area (Å²) in [7, 11) is 1.59. The van der Waals surface area contributed by atoms with Crippen molar-refractivity contribution in [3.8, 4) is 17.1 Å². The average Bonchev–Trinajstić information content (AvgIpc) is 2.94. The summed E-state index contributed by atoms with van der Waals surface area (Å²) in [4.78, 5) is 15.6. The van der Waals surface area contributed by atoms with Gasteiger partial charge in [-0.15, -0.1) is 0 Å². The molecule has 7 heteroatoms. The Kier molecular flexibility index (Phi) is 4.09. The molecule has 0 radical (unpaired) electrons.